The molecule has 0 aliphatic rings. The van der Waals surface area contributed by atoms with Crippen LogP contribution in [-0.2, 0) is 10.0 Å². The highest BCUT2D eigenvalue weighted by atomic mass is 32.2. The van der Waals surface area contributed by atoms with Crippen LogP contribution in [0.3, 0.4) is 0 Å². The van der Waals surface area contributed by atoms with E-state index in [0.29, 0.717) is 0 Å². The molecule has 0 saturated heterocycles. The number of ether oxygens (including phenoxy) is 1. The van der Waals surface area contributed by atoms with Gasteiger partial charge in [0.15, 0.2) is 11.5 Å². The van der Waals surface area contributed by atoms with Crippen LogP contribution in [0.15, 0.2) is 18.2 Å². The second-order valence-corrected chi connectivity index (χ2v) is 5.44. The zero-order chi connectivity index (χ0) is 12.3. The van der Waals surface area contributed by atoms with Crippen LogP contribution in [0, 0.1) is 0 Å². The van der Waals surface area contributed by atoms with Gasteiger partial charge in [-0.2, -0.15) is 0 Å². The van der Waals surface area contributed by atoms with E-state index in [1.807, 2.05) is 13.8 Å². The van der Waals surface area contributed by atoms with Gasteiger partial charge in [0.2, 0.25) is 10.0 Å². The predicted octanol–water partition coefficient (Wildman–Crippen LogP) is 1.55. The molecule has 1 aromatic rings. The zero-order valence-corrected chi connectivity index (χ0v) is 10.2. The smallest absolute Gasteiger partial charge is 0.229 e. The third kappa shape index (κ3) is 3.62. The second kappa shape index (κ2) is 4.61. The van der Waals surface area contributed by atoms with Crippen LogP contribution < -0.4 is 9.46 Å². The molecule has 0 bridgehead atoms. The van der Waals surface area contributed by atoms with Gasteiger partial charge < -0.3 is 9.84 Å². The first-order chi connectivity index (χ1) is 7.29. The summed E-state index contributed by atoms with van der Waals surface area (Å²) in [6.07, 6.45) is 0.918. The average molecular weight is 245 g/mol. The summed E-state index contributed by atoms with van der Waals surface area (Å²) in [4.78, 5) is 0. The quantitative estimate of drug-likeness (QED) is 0.789. The number of anilines is 1. The first kappa shape index (κ1) is 12.6. The molecule has 6 heteroatoms. The number of hydrogen-bond acceptors (Lipinski definition) is 4. The molecule has 0 fully saturated rings. The van der Waals surface area contributed by atoms with Crippen molar-refractivity contribution in [3.63, 3.8) is 0 Å². The Hall–Kier alpha value is -1.43. The maximum absolute atomic E-state index is 11.0. The average Bonchev–Trinajstić information content (AvgIpc) is 2.09. The lowest BCUT2D eigenvalue weighted by Gasteiger charge is -2.13. The summed E-state index contributed by atoms with van der Waals surface area (Å²) in [6, 6.07) is 4.64. The lowest BCUT2D eigenvalue weighted by Crippen LogP contribution is -2.11. The lowest BCUT2D eigenvalue weighted by molar-refractivity contribution is 0.232. The van der Waals surface area contributed by atoms with Gasteiger partial charge in [0.05, 0.1) is 18.0 Å². The summed E-state index contributed by atoms with van der Waals surface area (Å²) in [5.74, 6) is 0.0466. The normalized spacial score (nSPS) is 11.5. The van der Waals surface area contributed by atoms with E-state index in [0.717, 1.165) is 6.26 Å². The van der Waals surface area contributed by atoms with Gasteiger partial charge in [0.25, 0.3) is 0 Å². The number of phenolic OH excluding ortho intramolecular Hbond substituents is 1. The first-order valence-electron chi connectivity index (χ1n) is 4.76. The van der Waals surface area contributed by atoms with Crippen LogP contribution in [0.5, 0.6) is 11.5 Å². The maximum Gasteiger partial charge on any atom is 0.229 e. The Labute approximate surface area is 95.1 Å². The summed E-state index contributed by atoms with van der Waals surface area (Å²) in [5, 5.41) is 9.75. The fourth-order valence-corrected chi connectivity index (χ4v) is 1.72. The Kier molecular flexibility index (Phi) is 3.64. The SMILES string of the molecule is CC(C)Oc1cccc(NS(C)(=O)=O)c1O. The van der Waals surface area contributed by atoms with Crippen LogP contribution in [0.25, 0.3) is 0 Å². The summed E-state index contributed by atoms with van der Waals surface area (Å²) < 4.78 is 29.6. The summed E-state index contributed by atoms with van der Waals surface area (Å²) in [6.45, 7) is 3.63. The monoisotopic (exact) mass is 245 g/mol. The Balaban J connectivity index is 3.04. The molecular weight excluding hydrogens is 230 g/mol. The molecule has 0 heterocycles. The number of hydrogen-bond donors (Lipinski definition) is 2. The van der Waals surface area contributed by atoms with Gasteiger partial charge >= 0.3 is 0 Å². The molecule has 5 nitrogen and oxygen atoms in total. The molecule has 0 aromatic heterocycles. The maximum atomic E-state index is 11.0. The van der Waals surface area contributed by atoms with Gasteiger partial charge in [0, 0.05) is 0 Å². The van der Waals surface area contributed by atoms with Gasteiger partial charge in [-0.25, -0.2) is 8.42 Å². The minimum atomic E-state index is -3.41. The Bertz CT molecular complexity index is 468. The number of sulfonamides is 1. The number of aromatic hydroxyl groups is 1. The van der Waals surface area contributed by atoms with E-state index in [4.69, 9.17) is 4.74 Å². The molecule has 0 aliphatic heterocycles. The van der Waals surface area contributed by atoms with Crippen molar-refractivity contribution in [2.75, 3.05) is 11.0 Å². The van der Waals surface area contributed by atoms with Crippen LogP contribution >= 0.6 is 0 Å². The lowest BCUT2D eigenvalue weighted by atomic mass is 10.3. The second-order valence-electron chi connectivity index (χ2n) is 3.69. The molecule has 0 spiro atoms. The van der Waals surface area contributed by atoms with Crippen molar-refractivity contribution >= 4 is 15.7 Å². The molecule has 0 saturated carbocycles. The molecule has 2 N–H and O–H groups in total. The molecule has 16 heavy (non-hydrogen) atoms. The van der Waals surface area contributed by atoms with Crippen molar-refractivity contribution in [2.24, 2.45) is 0 Å². The van der Waals surface area contributed by atoms with Gasteiger partial charge in [-0.1, -0.05) is 6.07 Å². The molecule has 1 rings (SSSR count). The highest BCUT2D eigenvalue weighted by Gasteiger charge is 2.12. The number of para-hydroxylation sites is 1. The molecule has 0 radical (unpaired) electrons. The standard InChI is InChI=1S/C10H15NO4S/c1-7(2)15-9-6-4-5-8(10(9)12)11-16(3,13)14/h4-7,11-12H,1-3H3. The molecule has 1 aromatic carbocycles. The largest absolute Gasteiger partial charge is 0.503 e. The Morgan fingerprint density at radius 3 is 2.50 bits per heavy atom. The topological polar surface area (TPSA) is 75.6 Å². The number of nitrogens with one attached hydrogen (secondary N) is 1. The highest BCUT2D eigenvalue weighted by molar-refractivity contribution is 7.92. The minimum Gasteiger partial charge on any atom is -0.503 e. The van der Waals surface area contributed by atoms with E-state index in [1.54, 1.807) is 12.1 Å². The first-order valence-corrected chi connectivity index (χ1v) is 6.65. The third-order valence-electron chi connectivity index (χ3n) is 1.66. The van der Waals surface area contributed by atoms with Crippen molar-refractivity contribution in [3.05, 3.63) is 18.2 Å². The zero-order valence-electron chi connectivity index (χ0n) is 9.39. The Morgan fingerprint density at radius 1 is 1.38 bits per heavy atom. The van der Waals surface area contributed by atoms with E-state index in [2.05, 4.69) is 4.72 Å². The van der Waals surface area contributed by atoms with E-state index in [-0.39, 0.29) is 23.3 Å². The van der Waals surface area contributed by atoms with E-state index in [9.17, 15) is 13.5 Å². The van der Waals surface area contributed by atoms with Crippen molar-refractivity contribution in [1.29, 1.82) is 0 Å². The van der Waals surface area contributed by atoms with E-state index >= 15 is 0 Å². The molecule has 0 amide bonds. The molecular formula is C10H15NO4S. The van der Waals surface area contributed by atoms with Crippen LogP contribution in [0.1, 0.15) is 13.8 Å². The van der Waals surface area contributed by atoms with E-state index < -0.39 is 10.0 Å². The van der Waals surface area contributed by atoms with Crippen molar-refractivity contribution in [1.82, 2.24) is 0 Å². The van der Waals surface area contributed by atoms with Gasteiger partial charge in [-0.3, -0.25) is 4.72 Å². The molecule has 0 atom stereocenters. The predicted molar refractivity (Wildman–Crippen MR) is 62.3 cm³/mol. The summed E-state index contributed by atoms with van der Waals surface area (Å²) in [7, 11) is -3.41. The molecule has 0 aliphatic carbocycles. The Morgan fingerprint density at radius 2 is 2.00 bits per heavy atom. The van der Waals surface area contributed by atoms with Crippen LogP contribution in [-0.4, -0.2) is 25.9 Å². The number of rotatable bonds is 4. The minimum absolute atomic E-state index is 0.0978. The summed E-state index contributed by atoms with van der Waals surface area (Å²) >= 11 is 0. The van der Waals surface area contributed by atoms with Crippen LogP contribution in [0.4, 0.5) is 5.69 Å². The molecule has 0 unspecified atom stereocenters. The van der Waals surface area contributed by atoms with Crippen molar-refractivity contribution in [2.45, 2.75) is 20.0 Å². The van der Waals surface area contributed by atoms with Gasteiger partial charge in [-0.05, 0) is 26.0 Å². The van der Waals surface area contributed by atoms with Crippen LogP contribution in [0.2, 0.25) is 0 Å². The number of benzene rings is 1. The molecule has 90 valence electrons. The summed E-state index contributed by atoms with van der Waals surface area (Å²) in [5.41, 5.74) is 0.112. The van der Waals surface area contributed by atoms with E-state index in [1.165, 1.54) is 6.07 Å². The van der Waals surface area contributed by atoms with Gasteiger partial charge in [-0.15, -0.1) is 0 Å². The van der Waals surface area contributed by atoms with Crippen molar-refractivity contribution in [3.8, 4) is 11.5 Å². The fraction of sp³-hybridized carbons (Fsp3) is 0.400. The fourth-order valence-electron chi connectivity index (χ4n) is 1.15. The number of phenols is 1. The van der Waals surface area contributed by atoms with Crippen molar-refractivity contribution < 1.29 is 18.3 Å². The third-order valence-corrected chi connectivity index (χ3v) is 2.25. The highest BCUT2D eigenvalue weighted by Crippen LogP contribution is 2.34. The van der Waals surface area contributed by atoms with Gasteiger partial charge in [0.1, 0.15) is 0 Å².